The molecular formula is C49H76F2S2. The lowest BCUT2D eigenvalue weighted by Crippen LogP contribution is -2.25. The second kappa shape index (κ2) is 24.9. The molecule has 0 saturated carbocycles. The molecule has 0 atom stereocenters. The summed E-state index contributed by atoms with van der Waals surface area (Å²) in [7, 11) is 0. The van der Waals surface area contributed by atoms with Gasteiger partial charge in [-0.15, -0.1) is 22.7 Å². The molecule has 0 saturated heterocycles. The molecule has 0 spiro atoms. The van der Waals surface area contributed by atoms with Crippen LogP contribution in [-0.2, 0) is 5.41 Å². The van der Waals surface area contributed by atoms with E-state index in [4.69, 9.17) is 0 Å². The normalized spacial score (nSPS) is 13.2. The van der Waals surface area contributed by atoms with Crippen molar-refractivity contribution in [2.24, 2.45) is 0 Å². The molecule has 53 heavy (non-hydrogen) atoms. The molecular weight excluding hydrogens is 691 g/mol. The van der Waals surface area contributed by atoms with Crippen molar-refractivity contribution in [3.8, 4) is 20.2 Å². The number of hydrogen-bond donors (Lipinski definition) is 0. The van der Waals surface area contributed by atoms with Gasteiger partial charge in [-0.2, -0.15) is 0 Å². The third kappa shape index (κ3) is 13.9. The molecule has 2 aromatic heterocycles. The van der Waals surface area contributed by atoms with E-state index < -0.39 is 0 Å². The molecule has 3 aromatic rings. The monoisotopic (exact) mass is 767 g/mol. The van der Waals surface area contributed by atoms with Gasteiger partial charge in [-0.25, -0.2) is 8.78 Å². The van der Waals surface area contributed by atoms with E-state index in [1.165, 1.54) is 231 Å². The Kier molecular flexibility index (Phi) is 20.7. The lowest BCUT2D eigenvalue weighted by molar-refractivity contribution is 0.397. The molecule has 0 amide bonds. The zero-order chi connectivity index (χ0) is 37.7. The van der Waals surface area contributed by atoms with Gasteiger partial charge in [-0.1, -0.05) is 194 Å². The van der Waals surface area contributed by atoms with Crippen molar-refractivity contribution in [3.05, 3.63) is 57.5 Å². The average molecular weight is 767 g/mol. The van der Waals surface area contributed by atoms with E-state index in [0.717, 1.165) is 4.88 Å². The van der Waals surface area contributed by atoms with Crippen LogP contribution in [0, 0.1) is 25.5 Å². The van der Waals surface area contributed by atoms with Crippen molar-refractivity contribution < 1.29 is 8.78 Å². The van der Waals surface area contributed by atoms with E-state index in [2.05, 4.69) is 32.9 Å². The second-order valence-electron chi connectivity index (χ2n) is 16.8. The van der Waals surface area contributed by atoms with E-state index in [1.807, 2.05) is 11.3 Å². The van der Waals surface area contributed by atoms with Crippen LogP contribution in [0.25, 0.3) is 20.2 Å². The van der Waals surface area contributed by atoms with Crippen LogP contribution in [0.2, 0.25) is 0 Å². The second-order valence-corrected chi connectivity index (χ2v) is 19.1. The first-order valence-electron chi connectivity index (χ1n) is 22.6. The van der Waals surface area contributed by atoms with Gasteiger partial charge < -0.3 is 0 Å². The Bertz CT molecular complexity index is 1400. The number of halogens is 2. The highest BCUT2D eigenvalue weighted by Gasteiger charge is 2.45. The van der Waals surface area contributed by atoms with Crippen molar-refractivity contribution in [2.75, 3.05) is 0 Å². The molecule has 0 unspecified atom stereocenters. The number of rotatable bonds is 31. The number of unbranched alkanes of at least 4 members (excludes halogenated alkanes) is 26. The summed E-state index contributed by atoms with van der Waals surface area (Å²) in [4.78, 5) is 4.98. The Balaban J connectivity index is 1.31. The molecule has 0 bridgehead atoms. The minimum absolute atomic E-state index is 0.00183. The number of aryl methyl sites for hydroxylation is 2. The first-order valence-corrected chi connectivity index (χ1v) is 24.3. The number of fused-ring (bicyclic) bond motifs is 3. The zero-order valence-corrected chi connectivity index (χ0v) is 36.2. The van der Waals surface area contributed by atoms with Crippen LogP contribution >= 0.6 is 22.7 Å². The number of benzene rings is 1. The molecule has 0 fully saturated rings. The van der Waals surface area contributed by atoms with Crippen LogP contribution in [0.4, 0.5) is 8.78 Å². The summed E-state index contributed by atoms with van der Waals surface area (Å²) in [5.74, 6) is -0.630. The fourth-order valence-corrected chi connectivity index (χ4v) is 11.5. The molecule has 0 aliphatic heterocycles. The molecule has 4 rings (SSSR count). The third-order valence-corrected chi connectivity index (χ3v) is 14.6. The van der Waals surface area contributed by atoms with Gasteiger partial charge in [0.05, 0.1) is 0 Å². The number of thiophene rings is 2. The van der Waals surface area contributed by atoms with Gasteiger partial charge in [0.15, 0.2) is 0 Å². The van der Waals surface area contributed by atoms with Crippen molar-refractivity contribution in [3.63, 3.8) is 0 Å². The van der Waals surface area contributed by atoms with Gasteiger partial charge in [-0.3, -0.25) is 0 Å². The predicted molar refractivity (Wildman–Crippen MR) is 233 cm³/mol. The van der Waals surface area contributed by atoms with Gasteiger partial charge in [-0.05, 0) is 67.6 Å². The summed E-state index contributed by atoms with van der Waals surface area (Å²) in [6.07, 6.45) is 40.8. The maximum absolute atomic E-state index is 15.3. The van der Waals surface area contributed by atoms with Gasteiger partial charge >= 0.3 is 0 Å². The predicted octanol–water partition coefficient (Wildman–Crippen LogP) is 18.4. The molecule has 0 nitrogen and oxygen atoms in total. The third-order valence-electron chi connectivity index (χ3n) is 12.3. The Morgan fingerprint density at radius 3 is 1.25 bits per heavy atom. The fourth-order valence-electron chi connectivity index (χ4n) is 8.97. The first-order chi connectivity index (χ1) is 25.9. The number of hydrogen-bond acceptors (Lipinski definition) is 2. The maximum atomic E-state index is 15.3. The molecule has 0 N–H and O–H groups in total. The van der Waals surface area contributed by atoms with Crippen molar-refractivity contribution in [1.29, 1.82) is 0 Å². The van der Waals surface area contributed by atoms with E-state index in [0.29, 0.717) is 11.1 Å². The van der Waals surface area contributed by atoms with Crippen molar-refractivity contribution in [1.82, 2.24) is 0 Å². The SMILES string of the molecule is CCCCCCCCCCCCCCCCC1(CCCCCCCCCCCCCCCC)c2cc(C)sc2-c2sc(-c3cc(F)c(C)cc3F)cc21. The first kappa shape index (κ1) is 44.2. The summed E-state index contributed by atoms with van der Waals surface area (Å²) < 4.78 is 30.0. The summed E-state index contributed by atoms with van der Waals surface area (Å²) in [5.41, 5.74) is 3.73. The Morgan fingerprint density at radius 1 is 0.434 bits per heavy atom. The smallest absolute Gasteiger partial charge is 0.132 e. The van der Waals surface area contributed by atoms with Crippen LogP contribution in [-0.4, -0.2) is 0 Å². The molecule has 1 aliphatic carbocycles. The fraction of sp³-hybridized carbons (Fsp3) is 0.714. The van der Waals surface area contributed by atoms with Crippen LogP contribution in [0.1, 0.15) is 228 Å². The van der Waals surface area contributed by atoms with Crippen LogP contribution < -0.4 is 0 Å². The Morgan fingerprint density at radius 2 is 0.811 bits per heavy atom. The van der Waals surface area contributed by atoms with Crippen molar-refractivity contribution >= 4 is 22.7 Å². The highest BCUT2D eigenvalue weighted by atomic mass is 32.1. The average Bonchev–Trinajstić information content (AvgIpc) is 3.81. The van der Waals surface area contributed by atoms with E-state index in [-0.39, 0.29) is 17.0 Å². The van der Waals surface area contributed by atoms with Crippen LogP contribution in [0.5, 0.6) is 0 Å². The largest absolute Gasteiger partial charge is 0.207 e. The summed E-state index contributed by atoms with van der Waals surface area (Å²) in [6.45, 7) is 8.48. The Labute approximate surface area is 333 Å². The molecule has 298 valence electrons. The van der Waals surface area contributed by atoms with E-state index in [9.17, 15) is 4.39 Å². The van der Waals surface area contributed by atoms with Gasteiger partial charge in [0.1, 0.15) is 11.6 Å². The highest BCUT2D eigenvalue weighted by Crippen LogP contribution is 2.60. The standard InChI is InChI=1S/C49H76F2S2/c1-5-7-9-11-13-15-17-19-21-23-25-27-29-31-33-49(34-32-30-28-26-24-22-20-18-16-14-12-10-8-6-2)42-36-40(4)52-47(42)48-43(49)38-46(53-48)41-37-44(50)39(3)35-45(41)51/h35-38H,5-34H2,1-4H3. The van der Waals surface area contributed by atoms with Crippen molar-refractivity contribution in [2.45, 2.75) is 226 Å². The van der Waals surface area contributed by atoms with E-state index >= 15 is 4.39 Å². The lowest BCUT2D eigenvalue weighted by Gasteiger charge is -2.31. The topological polar surface area (TPSA) is 0 Å². The molecule has 4 heteroatoms. The maximum Gasteiger partial charge on any atom is 0.132 e. The molecule has 1 aliphatic rings. The van der Waals surface area contributed by atoms with Gasteiger partial charge in [0.25, 0.3) is 0 Å². The molecule has 1 aromatic carbocycles. The minimum atomic E-state index is -0.321. The Hall–Kier alpha value is -1.52. The van der Waals surface area contributed by atoms with Crippen LogP contribution in [0.15, 0.2) is 24.3 Å². The molecule has 2 heterocycles. The molecule has 0 radical (unpaired) electrons. The summed E-state index contributed by atoms with van der Waals surface area (Å²) in [6, 6.07) is 7.54. The van der Waals surface area contributed by atoms with E-state index in [1.54, 1.807) is 18.3 Å². The van der Waals surface area contributed by atoms with Crippen LogP contribution in [0.3, 0.4) is 0 Å². The highest BCUT2D eigenvalue weighted by molar-refractivity contribution is 7.24. The quantitative estimate of drug-likeness (QED) is 0.0572. The lowest BCUT2D eigenvalue weighted by atomic mass is 9.71. The minimum Gasteiger partial charge on any atom is -0.207 e. The summed E-state index contributed by atoms with van der Waals surface area (Å²) >= 11 is 3.60. The van der Waals surface area contributed by atoms with Gasteiger partial charge in [0.2, 0.25) is 0 Å². The zero-order valence-electron chi connectivity index (χ0n) is 34.6. The summed E-state index contributed by atoms with van der Waals surface area (Å²) in [5, 5.41) is 0. The van der Waals surface area contributed by atoms with Gasteiger partial charge in [0, 0.05) is 30.5 Å².